The van der Waals surface area contributed by atoms with Crippen LogP contribution in [-0.2, 0) is 34.2 Å². The van der Waals surface area contributed by atoms with E-state index in [-0.39, 0.29) is 10.8 Å². The minimum atomic E-state index is -3.72. The molecule has 1 aromatic carbocycles. The predicted octanol–water partition coefficient (Wildman–Crippen LogP) is 1.34. The molecule has 1 amide bonds. The molecule has 4 rings (SSSR count). The number of anilines is 1. The van der Waals surface area contributed by atoms with Crippen LogP contribution in [0.1, 0.15) is 16.0 Å². The Bertz CT molecular complexity index is 936. The topological polar surface area (TPSA) is 83.7 Å². The summed E-state index contributed by atoms with van der Waals surface area (Å²) in [6, 6.07) is 6.87. The van der Waals surface area contributed by atoms with Crippen LogP contribution < -0.4 is 10.0 Å². The number of nitrogens with zero attached hydrogens (tertiary/aromatic N) is 2. The number of benzene rings is 1. The van der Waals surface area contributed by atoms with Crippen molar-refractivity contribution >= 4 is 33.0 Å². The lowest BCUT2D eigenvalue weighted by Crippen LogP contribution is -2.41. The molecule has 2 aliphatic rings. The van der Waals surface area contributed by atoms with Gasteiger partial charge < -0.3 is 4.90 Å². The van der Waals surface area contributed by atoms with Gasteiger partial charge in [0.15, 0.2) is 0 Å². The predicted molar refractivity (Wildman–Crippen MR) is 97.2 cm³/mol. The van der Waals surface area contributed by atoms with E-state index in [1.807, 2.05) is 0 Å². The number of hydrogen-bond acceptors (Lipinski definition) is 5. The molecule has 0 saturated carbocycles. The summed E-state index contributed by atoms with van der Waals surface area (Å²) in [5.74, 6) is 0.0563. The second-order valence-electron chi connectivity index (χ2n) is 6.46. The van der Waals surface area contributed by atoms with Gasteiger partial charge in [-0.05, 0) is 53.6 Å². The summed E-state index contributed by atoms with van der Waals surface area (Å²) < 4.78 is 23.0. The Kier molecular flexibility index (Phi) is 4.15. The molecule has 1 aromatic heterocycles. The molecule has 2 aliphatic heterocycles. The second kappa shape index (κ2) is 6.21. The van der Waals surface area contributed by atoms with Crippen molar-refractivity contribution in [3.63, 3.8) is 0 Å². The molecular weight excluding hydrogens is 358 g/mol. The molecule has 0 unspecified atom stereocenters. The third-order valence-electron chi connectivity index (χ3n) is 4.82. The van der Waals surface area contributed by atoms with Crippen LogP contribution in [0.25, 0.3) is 0 Å². The van der Waals surface area contributed by atoms with Gasteiger partial charge >= 0.3 is 0 Å². The zero-order chi connectivity index (χ0) is 17.6. The summed E-state index contributed by atoms with van der Waals surface area (Å²) in [6.07, 6.45) is 1.65. The number of fused-ring (bicyclic) bond motifs is 2. The normalized spacial score (nSPS) is 17.4. The number of sulfonamides is 1. The first-order chi connectivity index (χ1) is 11.9. The highest BCUT2D eigenvalue weighted by molar-refractivity contribution is 7.89. The molecule has 0 atom stereocenters. The number of thiophene rings is 1. The largest absolute Gasteiger partial charge is 0.311 e. The first-order valence-electron chi connectivity index (χ1n) is 8.15. The van der Waals surface area contributed by atoms with Gasteiger partial charge in [0.2, 0.25) is 15.9 Å². The van der Waals surface area contributed by atoms with Gasteiger partial charge in [0.25, 0.3) is 0 Å². The van der Waals surface area contributed by atoms with E-state index in [2.05, 4.69) is 16.3 Å². The number of carbonyl (C=O) groups is 1. The van der Waals surface area contributed by atoms with Gasteiger partial charge in [0, 0.05) is 30.2 Å². The molecule has 0 spiro atoms. The Morgan fingerprint density at radius 3 is 2.80 bits per heavy atom. The highest BCUT2D eigenvalue weighted by atomic mass is 32.2. The average molecular weight is 377 g/mol. The molecule has 6 nitrogen and oxygen atoms in total. The molecular formula is C17H19N3O3S2. The van der Waals surface area contributed by atoms with E-state index in [4.69, 9.17) is 5.14 Å². The van der Waals surface area contributed by atoms with Gasteiger partial charge in [-0.1, -0.05) is 0 Å². The van der Waals surface area contributed by atoms with Gasteiger partial charge in [-0.2, -0.15) is 0 Å². The van der Waals surface area contributed by atoms with Crippen LogP contribution in [0.5, 0.6) is 0 Å². The van der Waals surface area contributed by atoms with Gasteiger partial charge in [-0.15, -0.1) is 11.3 Å². The molecule has 8 heteroatoms. The Balaban J connectivity index is 1.48. The standard InChI is InChI=1S/C17H19N3O3S2/c18-25(22,23)14-1-2-15-12(9-14)3-7-20(15)17(21)11-19-6-4-16-13(10-19)5-8-24-16/h1-2,5,8-9H,3-4,6-7,10-11H2,(H2,18,22,23). The number of primary sulfonamides is 1. The van der Waals surface area contributed by atoms with Crippen molar-refractivity contribution in [3.05, 3.63) is 45.6 Å². The lowest BCUT2D eigenvalue weighted by atomic mass is 10.1. The Hall–Kier alpha value is -1.74. The lowest BCUT2D eigenvalue weighted by Gasteiger charge is -2.28. The Labute approximate surface area is 150 Å². The van der Waals surface area contributed by atoms with Crippen molar-refractivity contribution in [2.45, 2.75) is 24.3 Å². The smallest absolute Gasteiger partial charge is 0.241 e. The summed E-state index contributed by atoms with van der Waals surface area (Å²) in [5.41, 5.74) is 2.98. The van der Waals surface area contributed by atoms with Crippen LogP contribution >= 0.6 is 11.3 Å². The number of nitrogens with two attached hydrogens (primary N) is 1. The van der Waals surface area contributed by atoms with Crippen molar-refractivity contribution in [3.8, 4) is 0 Å². The maximum absolute atomic E-state index is 12.8. The fourth-order valence-corrected chi connectivity index (χ4v) is 4.99. The summed E-state index contributed by atoms with van der Waals surface area (Å²) >= 11 is 1.78. The molecule has 0 radical (unpaired) electrons. The lowest BCUT2D eigenvalue weighted by molar-refractivity contribution is -0.119. The van der Waals surface area contributed by atoms with Crippen LogP contribution in [-0.4, -0.2) is 38.9 Å². The van der Waals surface area contributed by atoms with Crippen LogP contribution in [0.3, 0.4) is 0 Å². The van der Waals surface area contributed by atoms with E-state index in [1.165, 1.54) is 16.5 Å². The number of carbonyl (C=O) groups excluding carboxylic acids is 1. The fraction of sp³-hybridized carbons (Fsp3) is 0.353. The zero-order valence-corrected chi connectivity index (χ0v) is 15.3. The SMILES string of the molecule is NS(=O)(=O)c1ccc2c(c1)CCN2C(=O)CN1CCc2sccc2C1. The molecule has 3 heterocycles. The summed E-state index contributed by atoms with van der Waals surface area (Å²) in [5, 5.41) is 7.29. The van der Waals surface area contributed by atoms with E-state index in [0.29, 0.717) is 19.5 Å². The van der Waals surface area contributed by atoms with Crippen molar-refractivity contribution < 1.29 is 13.2 Å². The monoisotopic (exact) mass is 377 g/mol. The second-order valence-corrected chi connectivity index (χ2v) is 9.02. The molecule has 2 aromatic rings. The summed E-state index contributed by atoms with van der Waals surface area (Å²) in [4.78, 5) is 18.2. The van der Waals surface area contributed by atoms with Gasteiger partial charge in [-0.25, -0.2) is 13.6 Å². The Morgan fingerprint density at radius 2 is 2.00 bits per heavy atom. The zero-order valence-electron chi connectivity index (χ0n) is 13.6. The van der Waals surface area contributed by atoms with Gasteiger partial charge in [0.05, 0.1) is 11.4 Å². The van der Waals surface area contributed by atoms with E-state index in [1.54, 1.807) is 28.4 Å². The van der Waals surface area contributed by atoms with Crippen LogP contribution in [0.4, 0.5) is 5.69 Å². The number of hydrogen-bond donors (Lipinski definition) is 1. The van der Waals surface area contributed by atoms with Crippen LogP contribution in [0.15, 0.2) is 34.5 Å². The first kappa shape index (κ1) is 16.7. The third kappa shape index (κ3) is 3.22. The summed E-state index contributed by atoms with van der Waals surface area (Å²) in [6.45, 7) is 2.67. The van der Waals surface area contributed by atoms with Crippen molar-refractivity contribution in [2.75, 3.05) is 24.5 Å². The highest BCUT2D eigenvalue weighted by Gasteiger charge is 2.28. The molecule has 0 saturated heterocycles. The first-order valence-corrected chi connectivity index (χ1v) is 10.6. The Morgan fingerprint density at radius 1 is 1.16 bits per heavy atom. The van der Waals surface area contributed by atoms with Gasteiger partial charge in [-0.3, -0.25) is 9.69 Å². The molecule has 2 N–H and O–H groups in total. The number of amides is 1. The fourth-order valence-electron chi connectivity index (χ4n) is 3.53. The quantitative estimate of drug-likeness (QED) is 0.875. The minimum absolute atomic E-state index is 0.0563. The molecule has 0 fully saturated rings. The molecule has 0 bridgehead atoms. The van der Waals surface area contributed by atoms with E-state index in [0.717, 1.165) is 30.8 Å². The van der Waals surface area contributed by atoms with Crippen LogP contribution in [0, 0.1) is 0 Å². The van der Waals surface area contributed by atoms with E-state index >= 15 is 0 Å². The minimum Gasteiger partial charge on any atom is -0.311 e. The van der Waals surface area contributed by atoms with Crippen molar-refractivity contribution in [2.24, 2.45) is 5.14 Å². The molecule has 132 valence electrons. The van der Waals surface area contributed by atoms with Crippen LogP contribution in [0.2, 0.25) is 0 Å². The van der Waals surface area contributed by atoms with Crippen molar-refractivity contribution in [1.29, 1.82) is 0 Å². The average Bonchev–Trinajstić information content (AvgIpc) is 3.19. The molecule has 0 aliphatic carbocycles. The maximum Gasteiger partial charge on any atom is 0.241 e. The van der Waals surface area contributed by atoms with Gasteiger partial charge in [0.1, 0.15) is 0 Å². The van der Waals surface area contributed by atoms with E-state index < -0.39 is 10.0 Å². The third-order valence-corrected chi connectivity index (χ3v) is 6.76. The van der Waals surface area contributed by atoms with E-state index in [9.17, 15) is 13.2 Å². The summed E-state index contributed by atoms with van der Waals surface area (Å²) in [7, 11) is -3.72. The number of rotatable bonds is 3. The van der Waals surface area contributed by atoms with Crippen molar-refractivity contribution in [1.82, 2.24) is 4.90 Å². The molecule has 25 heavy (non-hydrogen) atoms. The maximum atomic E-state index is 12.8. The highest BCUT2D eigenvalue weighted by Crippen LogP contribution is 2.30.